The Bertz CT molecular complexity index is 591. The van der Waals surface area contributed by atoms with Crippen LogP contribution >= 0.6 is 13.5 Å². The minimum Gasteiger partial charge on any atom is -0.318 e. The van der Waals surface area contributed by atoms with Gasteiger partial charge in [-0.2, -0.15) is 0 Å². The highest BCUT2D eigenvalue weighted by Gasteiger charge is 2.62. The lowest BCUT2D eigenvalue weighted by Crippen LogP contribution is -2.16. The van der Waals surface area contributed by atoms with Crippen molar-refractivity contribution in [1.29, 1.82) is 0 Å². The Balaban J connectivity index is 4.05. The summed E-state index contributed by atoms with van der Waals surface area (Å²) in [5.41, 5.74) is 0. The number of rotatable bonds is 4. The zero-order chi connectivity index (χ0) is 15.0. The fraction of sp³-hybridized carbons (Fsp3) is 0. The lowest BCUT2D eigenvalue weighted by Gasteiger charge is -2.31. The molecule has 0 aliphatic rings. The SMILES string of the molecule is O=P(O)(O)P(OF)(OF)=S(F)(F)(F)c1ccccc1. The molecule has 1 rings (SSSR count). The summed E-state index contributed by atoms with van der Waals surface area (Å²) in [7, 11) is -14.5. The Morgan fingerprint density at radius 2 is 1.42 bits per heavy atom. The molecule has 0 aliphatic heterocycles. The Morgan fingerprint density at radius 3 is 1.74 bits per heavy atom. The molecular formula is C6H7F5O5P2S. The molecule has 19 heavy (non-hydrogen) atoms. The average molecular weight is 348 g/mol. The van der Waals surface area contributed by atoms with Crippen molar-refractivity contribution >= 4 is 23.0 Å². The first-order valence-electron chi connectivity index (χ1n) is 4.22. The Hall–Kier alpha value is -0.280. The summed E-state index contributed by atoms with van der Waals surface area (Å²) in [6, 6.07) is 3.76. The van der Waals surface area contributed by atoms with Crippen LogP contribution in [0.4, 0.5) is 20.7 Å². The van der Waals surface area contributed by atoms with Crippen molar-refractivity contribution in [1.82, 2.24) is 0 Å². The van der Waals surface area contributed by atoms with Gasteiger partial charge in [-0.25, -0.2) is 4.57 Å². The van der Waals surface area contributed by atoms with Gasteiger partial charge in [-0.1, -0.05) is 18.2 Å². The minimum atomic E-state index is -8.04. The maximum atomic E-state index is 13.9. The number of hydrogen-bond acceptors (Lipinski definition) is 3. The molecule has 112 valence electrons. The fourth-order valence-electron chi connectivity index (χ4n) is 1.13. The van der Waals surface area contributed by atoms with Gasteiger partial charge < -0.3 is 9.79 Å². The molecule has 0 heterocycles. The van der Waals surface area contributed by atoms with Gasteiger partial charge in [0.25, 0.3) is 0 Å². The van der Waals surface area contributed by atoms with Gasteiger partial charge in [0.2, 0.25) is 9.50 Å². The third-order valence-electron chi connectivity index (χ3n) is 1.99. The van der Waals surface area contributed by atoms with Gasteiger partial charge in [0, 0.05) is 0 Å². The molecule has 0 saturated heterocycles. The van der Waals surface area contributed by atoms with E-state index >= 15 is 0 Å². The van der Waals surface area contributed by atoms with Gasteiger partial charge in [-0.05, 0) is 21.2 Å². The number of benzene rings is 1. The maximum Gasteiger partial charge on any atom is 0.412 e. The van der Waals surface area contributed by atoms with Gasteiger partial charge in [-0.15, -0.1) is 21.1 Å². The van der Waals surface area contributed by atoms with Crippen LogP contribution in [0.15, 0.2) is 35.2 Å². The van der Waals surface area contributed by atoms with E-state index in [2.05, 4.69) is 9.46 Å². The second kappa shape index (κ2) is 4.92. The second-order valence-corrected chi connectivity index (χ2v) is 14.4. The van der Waals surface area contributed by atoms with Crippen LogP contribution in [0.1, 0.15) is 0 Å². The molecule has 1 aromatic carbocycles. The van der Waals surface area contributed by atoms with Crippen LogP contribution in [0.3, 0.4) is 0 Å². The molecule has 2 N–H and O–H groups in total. The lowest BCUT2D eigenvalue weighted by atomic mass is 10.4. The average Bonchev–Trinajstić information content (AvgIpc) is 2.29. The van der Waals surface area contributed by atoms with Crippen LogP contribution in [0.25, 0.3) is 0 Å². The summed E-state index contributed by atoms with van der Waals surface area (Å²) in [4.78, 5) is 15.6. The van der Waals surface area contributed by atoms with Crippen LogP contribution in [0, 0.1) is 0 Å². The van der Waals surface area contributed by atoms with Gasteiger partial charge in [0.15, 0.2) is 0 Å². The van der Waals surface area contributed by atoms with E-state index in [4.69, 9.17) is 9.79 Å². The van der Waals surface area contributed by atoms with E-state index in [0.717, 1.165) is 12.1 Å². The van der Waals surface area contributed by atoms with Crippen molar-refractivity contribution in [2.75, 3.05) is 0 Å². The third-order valence-corrected chi connectivity index (χ3v) is 14.6. The normalized spacial score (nSPS) is 15.8. The molecule has 0 unspecified atom stereocenters. The van der Waals surface area contributed by atoms with Gasteiger partial charge in [0.1, 0.15) is 0 Å². The summed E-state index contributed by atoms with van der Waals surface area (Å²) in [5, 5.41) is 0. The highest BCUT2D eigenvalue weighted by atomic mass is 32.8. The molecule has 0 saturated carbocycles. The van der Waals surface area contributed by atoms with E-state index < -0.39 is 27.9 Å². The van der Waals surface area contributed by atoms with Crippen molar-refractivity contribution in [3.05, 3.63) is 30.3 Å². The first kappa shape index (κ1) is 16.8. The Morgan fingerprint density at radius 1 is 1.00 bits per heavy atom. The smallest absolute Gasteiger partial charge is 0.318 e. The predicted octanol–water partition coefficient (Wildman–Crippen LogP) is 4.05. The quantitative estimate of drug-likeness (QED) is 0.634. The van der Waals surface area contributed by atoms with Crippen LogP contribution in [-0.2, 0) is 23.5 Å². The summed E-state index contributed by atoms with van der Waals surface area (Å²) >= 11 is 0. The molecule has 0 atom stereocenters. The molecular weight excluding hydrogens is 341 g/mol. The zero-order valence-corrected chi connectivity index (χ0v) is 11.3. The van der Waals surface area contributed by atoms with Crippen LogP contribution in [0.2, 0.25) is 0 Å². The fourth-order valence-corrected chi connectivity index (χ4v) is 9.91. The van der Waals surface area contributed by atoms with E-state index in [0.29, 0.717) is 12.1 Å². The van der Waals surface area contributed by atoms with E-state index in [-0.39, 0.29) is 0 Å². The van der Waals surface area contributed by atoms with Crippen molar-refractivity contribution in [2.45, 2.75) is 4.90 Å². The second-order valence-electron chi connectivity index (χ2n) is 3.14. The van der Waals surface area contributed by atoms with Crippen molar-refractivity contribution < 1.29 is 44.5 Å². The highest BCUT2D eigenvalue weighted by Crippen LogP contribution is 2.89. The first-order valence-corrected chi connectivity index (χ1v) is 10.5. The zero-order valence-electron chi connectivity index (χ0n) is 8.70. The Labute approximate surface area is 103 Å². The molecule has 5 nitrogen and oxygen atoms in total. The molecule has 1 aromatic rings. The molecule has 0 fully saturated rings. The largest absolute Gasteiger partial charge is 0.412 e. The predicted molar refractivity (Wildman–Crippen MR) is 58.7 cm³/mol. The van der Waals surface area contributed by atoms with Crippen LogP contribution < -0.4 is 0 Å². The van der Waals surface area contributed by atoms with Crippen LogP contribution in [0.5, 0.6) is 0 Å². The first-order chi connectivity index (χ1) is 8.51. The Kier molecular flexibility index (Phi) is 4.35. The van der Waals surface area contributed by atoms with Crippen molar-refractivity contribution in [3.8, 4) is 0 Å². The lowest BCUT2D eigenvalue weighted by molar-refractivity contribution is -0.0671. The summed E-state index contributed by atoms with van der Waals surface area (Å²) in [6.07, 6.45) is -6.74. The van der Waals surface area contributed by atoms with E-state index in [1.54, 1.807) is 0 Å². The van der Waals surface area contributed by atoms with Gasteiger partial charge in [0.05, 0.1) is 4.90 Å². The summed E-state index contributed by atoms with van der Waals surface area (Å²) in [5.74, 6) is 0. The standard InChI is InChI=1S/C6H7F5O5P2S/c7-15-18(16-8,17(12,13)14)19(9,10,11)6-4-2-1-3-5-6/h1-5H,(H2,12,13,14). The van der Waals surface area contributed by atoms with Crippen molar-refractivity contribution in [3.63, 3.8) is 0 Å². The topological polar surface area (TPSA) is 76.0 Å². The van der Waals surface area contributed by atoms with E-state index in [1.165, 1.54) is 6.07 Å². The monoisotopic (exact) mass is 348 g/mol. The van der Waals surface area contributed by atoms with Crippen molar-refractivity contribution in [2.24, 2.45) is 0 Å². The molecule has 0 radical (unpaired) electrons. The summed E-state index contributed by atoms with van der Waals surface area (Å²) in [6.45, 7) is 0. The number of halogens is 5. The van der Waals surface area contributed by atoms with Gasteiger partial charge in [-0.3, -0.25) is 0 Å². The molecule has 13 heteroatoms. The molecule has 0 amide bonds. The molecule has 0 aliphatic carbocycles. The molecule has 0 spiro atoms. The van der Waals surface area contributed by atoms with E-state index in [1.807, 2.05) is 0 Å². The highest BCUT2D eigenvalue weighted by molar-refractivity contribution is 8.63. The minimum absolute atomic E-state index is 0.407. The third kappa shape index (κ3) is 2.40. The molecule has 0 bridgehead atoms. The van der Waals surface area contributed by atoms with E-state index in [9.17, 15) is 25.3 Å². The maximum absolute atomic E-state index is 13.9. The summed E-state index contributed by atoms with van der Waals surface area (Å²) < 4.78 is 81.8. The number of hydrogen-bond donors (Lipinski definition) is 2. The van der Waals surface area contributed by atoms with Gasteiger partial charge >= 0.3 is 13.5 Å². The van der Waals surface area contributed by atoms with Crippen LogP contribution in [-0.4, -0.2) is 9.79 Å². The molecule has 0 aromatic heterocycles.